The lowest BCUT2D eigenvalue weighted by atomic mass is 10.2. The minimum Gasteiger partial charge on any atom is -0.370 e. The average molecular weight is 282 g/mol. The van der Waals surface area contributed by atoms with Crippen molar-refractivity contribution >= 4 is 23.3 Å². The Balaban J connectivity index is 2.05. The highest BCUT2D eigenvalue weighted by Gasteiger charge is 2.10. The lowest BCUT2D eigenvalue weighted by Gasteiger charge is -2.07. The maximum atomic E-state index is 11.9. The summed E-state index contributed by atoms with van der Waals surface area (Å²) in [5.74, 6) is 0.674. The molecule has 0 radical (unpaired) electrons. The number of hydrogen-bond donors (Lipinski definition) is 3. The van der Waals surface area contributed by atoms with Gasteiger partial charge in [-0.25, -0.2) is 4.98 Å². The Labute approximate surface area is 114 Å². The molecule has 0 unspecified atom stereocenters. The van der Waals surface area contributed by atoms with Gasteiger partial charge in [0.05, 0.1) is 6.54 Å². The molecule has 0 saturated heterocycles. The quantitative estimate of drug-likeness (QED) is 0.693. The van der Waals surface area contributed by atoms with Crippen LogP contribution < -0.4 is 10.6 Å². The van der Waals surface area contributed by atoms with E-state index in [4.69, 9.17) is 11.6 Å². The van der Waals surface area contributed by atoms with E-state index in [0.717, 1.165) is 0 Å². The number of aromatic nitrogens is 5. The number of rotatable bonds is 5. The first-order chi connectivity index (χ1) is 9.19. The van der Waals surface area contributed by atoms with Crippen LogP contribution in [0, 0.1) is 0 Å². The van der Waals surface area contributed by atoms with Crippen LogP contribution in [0.3, 0.4) is 0 Å². The van der Waals surface area contributed by atoms with Gasteiger partial charge in [-0.2, -0.15) is 5.21 Å². The molecule has 2 heterocycles. The maximum Gasteiger partial charge on any atom is 0.251 e. The van der Waals surface area contributed by atoms with E-state index in [9.17, 15) is 4.79 Å². The third-order valence-corrected chi connectivity index (χ3v) is 2.40. The van der Waals surface area contributed by atoms with Gasteiger partial charge in [-0.05, 0) is 19.1 Å². The number of nitrogens with one attached hydrogen (secondary N) is 3. The molecule has 9 heteroatoms. The lowest BCUT2D eigenvalue weighted by Crippen LogP contribution is -2.23. The molecule has 0 aliphatic heterocycles. The third kappa shape index (κ3) is 3.62. The Hall–Kier alpha value is -2.22. The first-order valence-electron chi connectivity index (χ1n) is 5.61. The van der Waals surface area contributed by atoms with E-state index in [-0.39, 0.29) is 17.6 Å². The zero-order valence-electron chi connectivity index (χ0n) is 10.1. The van der Waals surface area contributed by atoms with Crippen LogP contribution in [0.2, 0.25) is 5.15 Å². The Morgan fingerprint density at radius 3 is 3.00 bits per heavy atom. The van der Waals surface area contributed by atoms with Gasteiger partial charge in [-0.15, -0.1) is 10.2 Å². The molecule has 0 atom stereocenters. The summed E-state index contributed by atoms with van der Waals surface area (Å²) in [6.45, 7) is 2.81. The molecule has 0 bridgehead atoms. The number of hydrogen-bond acceptors (Lipinski definition) is 6. The topological polar surface area (TPSA) is 108 Å². The molecule has 0 spiro atoms. The molecular formula is C10H12ClN7O. The van der Waals surface area contributed by atoms with E-state index >= 15 is 0 Å². The van der Waals surface area contributed by atoms with E-state index in [1.807, 2.05) is 6.92 Å². The van der Waals surface area contributed by atoms with E-state index in [1.165, 1.54) is 6.07 Å². The van der Waals surface area contributed by atoms with Gasteiger partial charge in [0.15, 0.2) is 5.82 Å². The average Bonchev–Trinajstić information content (AvgIpc) is 2.88. The van der Waals surface area contributed by atoms with Crippen molar-refractivity contribution in [3.05, 3.63) is 28.7 Å². The summed E-state index contributed by atoms with van der Waals surface area (Å²) in [5, 5.41) is 19.1. The zero-order valence-corrected chi connectivity index (χ0v) is 10.9. The molecule has 19 heavy (non-hydrogen) atoms. The van der Waals surface area contributed by atoms with Crippen molar-refractivity contribution in [1.82, 2.24) is 30.9 Å². The van der Waals surface area contributed by atoms with Crippen LogP contribution in [0.25, 0.3) is 0 Å². The number of anilines is 1. The molecule has 2 rings (SSSR count). The highest BCUT2D eigenvalue weighted by Crippen LogP contribution is 2.14. The third-order valence-electron chi connectivity index (χ3n) is 2.21. The number of halogens is 1. The smallest absolute Gasteiger partial charge is 0.251 e. The van der Waals surface area contributed by atoms with Gasteiger partial charge in [0.25, 0.3) is 5.91 Å². The van der Waals surface area contributed by atoms with Gasteiger partial charge in [-0.1, -0.05) is 16.8 Å². The summed E-state index contributed by atoms with van der Waals surface area (Å²) in [6, 6.07) is 3.12. The van der Waals surface area contributed by atoms with Crippen molar-refractivity contribution in [2.24, 2.45) is 0 Å². The number of amides is 1. The first kappa shape index (κ1) is 13.2. The van der Waals surface area contributed by atoms with Crippen molar-refractivity contribution in [2.75, 3.05) is 11.9 Å². The molecule has 2 aromatic rings. The highest BCUT2D eigenvalue weighted by atomic mass is 35.5. The number of aromatic amines is 1. The summed E-state index contributed by atoms with van der Waals surface area (Å²) in [6.07, 6.45) is 0. The molecule has 8 nitrogen and oxygen atoms in total. The van der Waals surface area contributed by atoms with E-state index in [2.05, 4.69) is 36.2 Å². The molecule has 0 aromatic carbocycles. The molecular weight excluding hydrogens is 270 g/mol. The molecule has 0 saturated carbocycles. The second-order valence-corrected chi connectivity index (χ2v) is 3.99. The van der Waals surface area contributed by atoms with Gasteiger partial charge >= 0.3 is 0 Å². The van der Waals surface area contributed by atoms with E-state index < -0.39 is 0 Å². The predicted molar refractivity (Wildman–Crippen MR) is 68.8 cm³/mol. The molecule has 0 aliphatic carbocycles. The van der Waals surface area contributed by atoms with Crippen molar-refractivity contribution in [3.63, 3.8) is 0 Å². The highest BCUT2D eigenvalue weighted by molar-refractivity contribution is 6.29. The number of nitrogens with zero attached hydrogens (tertiary/aromatic N) is 4. The largest absolute Gasteiger partial charge is 0.370 e. The van der Waals surface area contributed by atoms with Gasteiger partial charge in [0.2, 0.25) is 0 Å². The summed E-state index contributed by atoms with van der Waals surface area (Å²) < 4.78 is 0. The van der Waals surface area contributed by atoms with Crippen molar-refractivity contribution < 1.29 is 4.79 Å². The van der Waals surface area contributed by atoms with E-state index in [0.29, 0.717) is 23.8 Å². The summed E-state index contributed by atoms with van der Waals surface area (Å²) in [4.78, 5) is 16.0. The fraction of sp³-hybridized carbons (Fsp3) is 0.300. The van der Waals surface area contributed by atoms with Crippen molar-refractivity contribution in [2.45, 2.75) is 13.5 Å². The first-order valence-corrected chi connectivity index (χ1v) is 5.99. The van der Waals surface area contributed by atoms with Crippen LogP contribution in [-0.4, -0.2) is 38.1 Å². The van der Waals surface area contributed by atoms with Crippen LogP contribution in [0.1, 0.15) is 23.1 Å². The van der Waals surface area contributed by atoms with Crippen LogP contribution in [0.4, 0.5) is 5.82 Å². The van der Waals surface area contributed by atoms with Crippen molar-refractivity contribution in [1.29, 1.82) is 0 Å². The molecule has 100 valence electrons. The second-order valence-electron chi connectivity index (χ2n) is 3.60. The Morgan fingerprint density at radius 2 is 2.32 bits per heavy atom. The number of carbonyl (C=O) groups excluding carboxylic acids is 1. The van der Waals surface area contributed by atoms with E-state index in [1.54, 1.807) is 6.07 Å². The monoisotopic (exact) mass is 281 g/mol. The van der Waals surface area contributed by atoms with Crippen LogP contribution in [0.5, 0.6) is 0 Å². The summed E-state index contributed by atoms with van der Waals surface area (Å²) >= 11 is 5.86. The van der Waals surface area contributed by atoms with Gasteiger partial charge < -0.3 is 10.6 Å². The second kappa shape index (κ2) is 6.10. The zero-order chi connectivity index (χ0) is 13.7. The Bertz CT molecular complexity index is 557. The molecule has 2 aromatic heterocycles. The molecule has 0 aliphatic rings. The number of carbonyl (C=O) groups is 1. The number of pyridine rings is 1. The van der Waals surface area contributed by atoms with Crippen molar-refractivity contribution in [3.8, 4) is 0 Å². The van der Waals surface area contributed by atoms with Gasteiger partial charge in [0, 0.05) is 12.1 Å². The number of H-pyrrole nitrogens is 1. The Morgan fingerprint density at radius 1 is 1.47 bits per heavy atom. The van der Waals surface area contributed by atoms with Crippen LogP contribution in [-0.2, 0) is 6.54 Å². The van der Waals surface area contributed by atoms with Crippen LogP contribution in [0.15, 0.2) is 12.1 Å². The molecule has 0 fully saturated rings. The minimum absolute atomic E-state index is 0.186. The molecule has 1 amide bonds. The predicted octanol–water partition coefficient (Wildman–Crippen LogP) is 0.610. The SMILES string of the molecule is CCNc1cc(C(=O)NCc2nn[nH]n2)cc(Cl)n1. The minimum atomic E-state index is -0.284. The fourth-order valence-corrected chi connectivity index (χ4v) is 1.63. The number of tetrazole rings is 1. The van der Waals surface area contributed by atoms with Crippen LogP contribution >= 0.6 is 11.6 Å². The summed E-state index contributed by atoms with van der Waals surface area (Å²) in [7, 11) is 0. The lowest BCUT2D eigenvalue weighted by molar-refractivity contribution is 0.0950. The summed E-state index contributed by atoms with van der Waals surface area (Å²) in [5.41, 5.74) is 0.416. The Kier molecular flexibility index (Phi) is 4.24. The standard InChI is InChI=1S/C10H12ClN7O/c1-2-12-8-4-6(3-7(11)14-8)10(19)13-5-9-15-17-18-16-9/h3-4H,2,5H2,1H3,(H,12,14)(H,13,19)(H,15,16,17,18). The van der Waals surface area contributed by atoms with Gasteiger partial charge in [-0.3, -0.25) is 4.79 Å². The van der Waals surface area contributed by atoms with Gasteiger partial charge in [0.1, 0.15) is 11.0 Å². The normalized spacial score (nSPS) is 10.2. The molecule has 3 N–H and O–H groups in total. The maximum absolute atomic E-state index is 11.9. The fourth-order valence-electron chi connectivity index (χ4n) is 1.42.